The van der Waals surface area contributed by atoms with E-state index in [2.05, 4.69) is 15.1 Å². The minimum Gasteiger partial charge on any atom is -0.496 e. The molecule has 0 saturated heterocycles. The molecule has 4 aromatic rings. The van der Waals surface area contributed by atoms with Gasteiger partial charge in [0.05, 0.1) is 37.0 Å². The Morgan fingerprint density at radius 2 is 1.93 bits per heavy atom. The van der Waals surface area contributed by atoms with E-state index in [0.29, 0.717) is 41.1 Å². The quantitative estimate of drug-likeness (QED) is 0.263. The van der Waals surface area contributed by atoms with Gasteiger partial charge in [-0.1, -0.05) is 6.07 Å². The lowest BCUT2D eigenvalue weighted by Crippen LogP contribution is -2.37. The standard InChI is InChI=1S/C28H27F4N7O2/c1-15(2)37-14-21(28(30,31)32)34-26(37)18-7-4-16(12-19(18)29)13-38-22(40)9-11-39-27(38)35-25(36-39)23-20(41-3)8-10-33-24(23)17-5-6-17/h4,7-8,10,12,14-15,17H,5-6,9,11,13H2,1-3H3. The van der Waals surface area contributed by atoms with Gasteiger partial charge in [-0.05, 0) is 50.5 Å². The van der Waals surface area contributed by atoms with E-state index >= 15 is 4.39 Å². The van der Waals surface area contributed by atoms with E-state index < -0.39 is 17.7 Å². The van der Waals surface area contributed by atoms with E-state index in [-0.39, 0.29) is 36.3 Å². The van der Waals surface area contributed by atoms with Crippen LogP contribution in [-0.4, -0.2) is 42.3 Å². The van der Waals surface area contributed by atoms with Crippen LogP contribution in [-0.2, 0) is 24.1 Å². The summed E-state index contributed by atoms with van der Waals surface area (Å²) < 4.78 is 63.9. The van der Waals surface area contributed by atoms with Crippen molar-refractivity contribution in [2.45, 2.75) is 64.3 Å². The third kappa shape index (κ3) is 4.93. The number of alkyl halides is 3. The average Bonchev–Trinajstić information content (AvgIpc) is 3.51. The molecule has 3 aromatic heterocycles. The SMILES string of the molecule is COc1ccnc(C2CC2)c1-c1nc2n(n1)CCC(=O)N2Cc1ccc(-c2nc(C(F)(F)F)cn2C(C)C)c(F)c1. The number of ether oxygens (including phenoxy) is 1. The number of carbonyl (C=O) groups excluding carboxylic acids is 1. The Bertz CT molecular complexity index is 1640. The number of aromatic nitrogens is 6. The Hall–Kier alpha value is -4.29. The fraction of sp³-hybridized carbons (Fsp3) is 0.393. The van der Waals surface area contributed by atoms with Crippen LogP contribution in [0.2, 0.25) is 0 Å². The van der Waals surface area contributed by atoms with Gasteiger partial charge >= 0.3 is 6.18 Å². The van der Waals surface area contributed by atoms with Crippen LogP contribution in [0.5, 0.6) is 5.75 Å². The lowest BCUT2D eigenvalue weighted by Gasteiger charge is -2.26. The number of hydrogen-bond donors (Lipinski definition) is 0. The first-order chi connectivity index (χ1) is 19.5. The summed E-state index contributed by atoms with van der Waals surface area (Å²) >= 11 is 0. The number of methoxy groups -OCH3 is 1. The number of amides is 1. The summed E-state index contributed by atoms with van der Waals surface area (Å²) in [6.07, 6.45) is 0.132. The van der Waals surface area contributed by atoms with Gasteiger partial charge in [0.15, 0.2) is 11.5 Å². The van der Waals surface area contributed by atoms with Crippen molar-refractivity contribution in [2.24, 2.45) is 0 Å². The zero-order chi connectivity index (χ0) is 29.1. The molecule has 0 bridgehead atoms. The van der Waals surface area contributed by atoms with Gasteiger partial charge in [0.25, 0.3) is 0 Å². The van der Waals surface area contributed by atoms with E-state index in [4.69, 9.17) is 9.72 Å². The Kier molecular flexibility index (Phi) is 6.54. The third-order valence-electron chi connectivity index (χ3n) is 7.28. The van der Waals surface area contributed by atoms with Gasteiger partial charge in [-0.15, -0.1) is 5.10 Å². The summed E-state index contributed by atoms with van der Waals surface area (Å²) in [5.41, 5.74) is 0.838. The van der Waals surface area contributed by atoms with Gasteiger partial charge < -0.3 is 9.30 Å². The molecule has 0 unspecified atom stereocenters. The Morgan fingerprint density at radius 3 is 2.59 bits per heavy atom. The number of carbonyl (C=O) groups is 1. The van der Waals surface area contributed by atoms with E-state index in [1.165, 1.54) is 21.6 Å². The highest BCUT2D eigenvalue weighted by Crippen LogP contribution is 2.46. The maximum absolute atomic E-state index is 15.4. The number of nitrogens with zero attached hydrogens (tertiary/aromatic N) is 7. The van der Waals surface area contributed by atoms with Gasteiger partial charge in [-0.25, -0.2) is 14.1 Å². The number of halogens is 4. The summed E-state index contributed by atoms with van der Waals surface area (Å²) in [6, 6.07) is 5.54. The normalized spacial score (nSPS) is 15.5. The molecular formula is C28H27F4N7O2. The first-order valence-electron chi connectivity index (χ1n) is 13.3. The van der Waals surface area contributed by atoms with E-state index in [9.17, 15) is 18.0 Å². The van der Waals surface area contributed by atoms with Crippen LogP contribution < -0.4 is 9.64 Å². The van der Waals surface area contributed by atoms with Crippen LogP contribution in [0.3, 0.4) is 0 Å². The zero-order valence-corrected chi connectivity index (χ0v) is 22.6. The summed E-state index contributed by atoms with van der Waals surface area (Å²) in [5, 5.41) is 4.66. The number of rotatable bonds is 7. The molecule has 2 aliphatic rings. The molecule has 9 nitrogen and oxygen atoms in total. The Morgan fingerprint density at radius 1 is 1.15 bits per heavy atom. The molecular weight excluding hydrogens is 542 g/mol. The van der Waals surface area contributed by atoms with Gasteiger partial charge in [0.2, 0.25) is 11.9 Å². The van der Waals surface area contributed by atoms with Crippen molar-refractivity contribution in [2.75, 3.05) is 12.0 Å². The number of pyridine rings is 1. The van der Waals surface area contributed by atoms with Crippen molar-refractivity contribution < 1.29 is 27.1 Å². The van der Waals surface area contributed by atoms with Crippen molar-refractivity contribution in [3.8, 4) is 28.5 Å². The van der Waals surface area contributed by atoms with Crippen LogP contribution in [0, 0.1) is 5.82 Å². The van der Waals surface area contributed by atoms with Crippen molar-refractivity contribution in [1.82, 2.24) is 29.3 Å². The number of aryl methyl sites for hydroxylation is 1. The first kappa shape index (κ1) is 26.9. The number of fused-ring (bicyclic) bond motifs is 1. The molecule has 1 aromatic carbocycles. The van der Waals surface area contributed by atoms with Crippen molar-refractivity contribution in [1.29, 1.82) is 0 Å². The van der Waals surface area contributed by atoms with Crippen LogP contribution >= 0.6 is 0 Å². The van der Waals surface area contributed by atoms with E-state index in [0.717, 1.165) is 24.7 Å². The minimum atomic E-state index is -4.66. The zero-order valence-electron chi connectivity index (χ0n) is 22.6. The Labute approximate surface area is 232 Å². The highest BCUT2D eigenvalue weighted by molar-refractivity contribution is 5.93. The molecule has 1 aliphatic heterocycles. The fourth-order valence-electron chi connectivity index (χ4n) is 5.06. The summed E-state index contributed by atoms with van der Waals surface area (Å²) in [6.45, 7) is 3.73. The fourth-order valence-corrected chi connectivity index (χ4v) is 5.06. The molecule has 41 heavy (non-hydrogen) atoms. The topological polar surface area (TPSA) is 91.0 Å². The average molecular weight is 570 g/mol. The second-order valence-corrected chi connectivity index (χ2v) is 10.5. The molecule has 0 spiro atoms. The highest BCUT2D eigenvalue weighted by atomic mass is 19.4. The molecule has 0 radical (unpaired) electrons. The maximum atomic E-state index is 15.4. The predicted octanol–water partition coefficient (Wildman–Crippen LogP) is 5.77. The number of benzene rings is 1. The molecule has 1 aliphatic carbocycles. The molecule has 4 heterocycles. The largest absolute Gasteiger partial charge is 0.496 e. The molecule has 6 rings (SSSR count). The third-order valence-corrected chi connectivity index (χ3v) is 7.28. The minimum absolute atomic E-state index is 0.000244. The number of hydrogen-bond acceptors (Lipinski definition) is 6. The molecule has 214 valence electrons. The predicted molar refractivity (Wildman–Crippen MR) is 141 cm³/mol. The molecule has 0 atom stereocenters. The van der Waals surface area contributed by atoms with Crippen LogP contribution in [0.25, 0.3) is 22.8 Å². The van der Waals surface area contributed by atoms with Crippen LogP contribution in [0.1, 0.15) is 62.0 Å². The smallest absolute Gasteiger partial charge is 0.434 e. The second-order valence-electron chi connectivity index (χ2n) is 10.5. The van der Waals surface area contributed by atoms with Gasteiger partial charge in [0, 0.05) is 30.8 Å². The summed E-state index contributed by atoms with van der Waals surface area (Å²) in [7, 11) is 1.57. The first-order valence-corrected chi connectivity index (χ1v) is 13.3. The van der Waals surface area contributed by atoms with Crippen molar-refractivity contribution >= 4 is 11.9 Å². The van der Waals surface area contributed by atoms with E-state index in [1.807, 2.05) is 0 Å². The molecule has 1 amide bonds. The maximum Gasteiger partial charge on any atom is 0.434 e. The lowest BCUT2D eigenvalue weighted by atomic mass is 10.1. The monoisotopic (exact) mass is 569 g/mol. The van der Waals surface area contributed by atoms with Crippen LogP contribution in [0.15, 0.2) is 36.7 Å². The summed E-state index contributed by atoms with van der Waals surface area (Å²) in [5.74, 6) is 0.544. The van der Waals surface area contributed by atoms with Gasteiger partial charge in [-0.3, -0.25) is 14.7 Å². The van der Waals surface area contributed by atoms with Crippen LogP contribution in [0.4, 0.5) is 23.5 Å². The van der Waals surface area contributed by atoms with Crippen molar-refractivity contribution in [3.05, 3.63) is 59.4 Å². The second kappa shape index (κ2) is 9.96. The van der Waals surface area contributed by atoms with E-state index in [1.54, 1.807) is 44.0 Å². The molecule has 1 saturated carbocycles. The summed E-state index contributed by atoms with van der Waals surface area (Å²) in [4.78, 5) is 27.4. The van der Waals surface area contributed by atoms with Gasteiger partial charge in [0.1, 0.15) is 17.4 Å². The lowest BCUT2D eigenvalue weighted by molar-refractivity contribution is -0.141. The number of imidazole rings is 1. The molecule has 13 heteroatoms. The van der Waals surface area contributed by atoms with Crippen molar-refractivity contribution in [3.63, 3.8) is 0 Å². The molecule has 0 N–H and O–H groups in total. The number of anilines is 1. The molecule has 1 fully saturated rings. The van der Waals surface area contributed by atoms with Gasteiger partial charge in [-0.2, -0.15) is 18.2 Å². The Balaban J connectivity index is 1.33. The highest BCUT2D eigenvalue weighted by Gasteiger charge is 2.36.